The number of hydrogen-bond donors (Lipinski definition) is 1. The molecule has 3 aliphatic rings. The molecule has 0 amide bonds. The first-order valence-corrected chi connectivity index (χ1v) is 13.9. The quantitative estimate of drug-likeness (QED) is 0.298. The number of aromatic carboxylic acids is 1. The molecule has 2 aliphatic heterocycles. The molecule has 2 unspecified atom stereocenters. The van der Waals surface area contributed by atoms with Gasteiger partial charge in [0.15, 0.2) is 5.13 Å². The summed E-state index contributed by atoms with van der Waals surface area (Å²) in [6.45, 7) is 2.64. The van der Waals surface area contributed by atoms with Crippen molar-refractivity contribution in [3.05, 3.63) is 64.9 Å². The standard InChI is InChI=1S/C29H29N3O4S/c1-16-4-2-3-5-22(16)26-23(27(36-31-26)17-6-7-17)15-35-21-13-19-9-10-20(14-21)32(19)29-30-24-11-8-18(28(33)34)12-25(24)37-29/h2-5,8,11-12,17,19-21H,6-7,9-10,13-15H2,1H3,(H,33,34)/t19-,20?,21?/m0/s1. The molecule has 2 aromatic carbocycles. The van der Waals surface area contributed by atoms with Crippen LogP contribution in [0.3, 0.4) is 0 Å². The number of benzene rings is 2. The smallest absolute Gasteiger partial charge is 0.335 e. The van der Waals surface area contributed by atoms with Crippen molar-refractivity contribution >= 4 is 32.7 Å². The molecule has 190 valence electrons. The Morgan fingerprint density at radius 1 is 1.14 bits per heavy atom. The van der Waals surface area contributed by atoms with Gasteiger partial charge in [-0.2, -0.15) is 0 Å². The van der Waals surface area contributed by atoms with E-state index in [-0.39, 0.29) is 6.10 Å². The molecule has 37 heavy (non-hydrogen) atoms. The molecular weight excluding hydrogens is 486 g/mol. The van der Waals surface area contributed by atoms with E-state index in [4.69, 9.17) is 14.2 Å². The summed E-state index contributed by atoms with van der Waals surface area (Å²) in [5.41, 5.74) is 5.53. The van der Waals surface area contributed by atoms with E-state index in [1.165, 1.54) is 5.56 Å². The molecule has 7 nitrogen and oxygen atoms in total. The minimum absolute atomic E-state index is 0.188. The molecule has 3 fully saturated rings. The number of thiazole rings is 1. The highest BCUT2D eigenvalue weighted by Crippen LogP contribution is 2.46. The first-order valence-electron chi connectivity index (χ1n) is 13.1. The summed E-state index contributed by atoms with van der Waals surface area (Å²) in [4.78, 5) is 18.7. The number of fused-ring (bicyclic) bond motifs is 3. The van der Waals surface area contributed by atoms with Crippen LogP contribution < -0.4 is 4.90 Å². The molecule has 8 heteroatoms. The van der Waals surface area contributed by atoms with Crippen LogP contribution in [0.2, 0.25) is 0 Å². The summed E-state index contributed by atoms with van der Waals surface area (Å²) < 4.78 is 13.4. The predicted molar refractivity (Wildman–Crippen MR) is 142 cm³/mol. The number of anilines is 1. The Balaban J connectivity index is 1.09. The van der Waals surface area contributed by atoms with Gasteiger partial charge in [-0.05, 0) is 69.2 Å². The molecule has 4 aromatic rings. The van der Waals surface area contributed by atoms with Gasteiger partial charge in [0.2, 0.25) is 0 Å². The number of carboxylic acid groups (broad SMARTS) is 1. The average molecular weight is 516 g/mol. The van der Waals surface area contributed by atoms with E-state index in [1.807, 2.05) is 6.07 Å². The number of ether oxygens (including phenoxy) is 1. The van der Waals surface area contributed by atoms with Crippen LogP contribution in [0.5, 0.6) is 0 Å². The number of carbonyl (C=O) groups is 1. The third-order valence-electron chi connectivity index (χ3n) is 8.17. The van der Waals surface area contributed by atoms with Gasteiger partial charge >= 0.3 is 5.97 Å². The Morgan fingerprint density at radius 2 is 1.92 bits per heavy atom. The Labute approximate surface area is 219 Å². The first kappa shape index (κ1) is 22.9. The molecular formula is C29H29N3O4S. The molecule has 1 saturated carbocycles. The van der Waals surface area contributed by atoms with E-state index >= 15 is 0 Å². The maximum atomic E-state index is 11.4. The topological polar surface area (TPSA) is 88.7 Å². The van der Waals surface area contributed by atoms with Gasteiger partial charge in [-0.25, -0.2) is 9.78 Å². The van der Waals surface area contributed by atoms with Crippen molar-refractivity contribution in [3.63, 3.8) is 0 Å². The van der Waals surface area contributed by atoms with Crippen LogP contribution >= 0.6 is 11.3 Å². The maximum Gasteiger partial charge on any atom is 0.335 e. The zero-order valence-electron chi connectivity index (χ0n) is 20.7. The van der Waals surface area contributed by atoms with Gasteiger partial charge in [0.05, 0.1) is 28.5 Å². The highest BCUT2D eigenvalue weighted by Gasteiger charge is 2.43. The van der Waals surface area contributed by atoms with Crippen LogP contribution in [0.15, 0.2) is 47.0 Å². The van der Waals surface area contributed by atoms with Crippen molar-refractivity contribution in [1.29, 1.82) is 0 Å². The van der Waals surface area contributed by atoms with Crippen molar-refractivity contribution < 1.29 is 19.2 Å². The number of hydrogen-bond acceptors (Lipinski definition) is 7. The molecule has 0 spiro atoms. The molecule has 4 heterocycles. The van der Waals surface area contributed by atoms with Crippen molar-refractivity contribution in [2.24, 2.45) is 0 Å². The molecule has 1 aliphatic carbocycles. The Bertz CT molecular complexity index is 1480. The second-order valence-electron chi connectivity index (χ2n) is 10.6. The van der Waals surface area contributed by atoms with Gasteiger partial charge in [0, 0.05) is 29.1 Å². The summed E-state index contributed by atoms with van der Waals surface area (Å²) in [7, 11) is 0. The fraction of sp³-hybridized carbons (Fsp3) is 0.414. The van der Waals surface area contributed by atoms with Gasteiger partial charge < -0.3 is 19.3 Å². The summed E-state index contributed by atoms with van der Waals surface area (Å²) in [5.74, 6) is 0.578. The summed E-state index contributed by atoms with van der Waals surface area (Å²) in [6.07, 6.45) is 6.72. The lowest BCUT2D eigenvalue weighted by Gasteiger charge is -2.38. The summed E-state index contributed by atoms with van der Waals surface area (Å²) in [5, 5.41) is 14.8. The van der Waals surface area contributed by atoms with Crippen LogP contribution in [0.1, 0.15) is 71.7 Å². The third-order valence-corrected chi connectivity index (χ3v) is 9.20. The Morgan fingerprint density at radius 3 is 2.65 bits per heavy atom. The normalized spacial score (nSPS) is 23.2. The van der Waals surface area contributed by atoms with Crippen LogP contribution in [0.25, 0.3) is 21.5 Å². The summed E-state index contributed by atoms with van der Waals surface area (Å²) in [6, 6.07) is 14.3. The molecule has 2 saturated heterocycles. The number of aromatic nitrogens is 2. The van der Waals surface area contributed by atoms with E-state index in [2.05, 4.69) is 41.2 Å². The van der Waals surface area contributed by atoms with Crippen LogP contribution in [0.4, 0.5) is 5.13 Å². The zero-order valence-corrected chi connectivity index (χ0v) is 21.5. The number of nitrogens with zero attached hydrogens (tertiary/aromatic N) is 3. The largest absolute Gasteiger partial charge is 0.478 e. The van der Waals surface area contributed by atoms with Gasteiger partial charge in [0.1, 0.15) is 11.5 Å². The second-order valence-corrected chi connectivity index (χ2v) is 11.7. The van der Waals surface area contributed by atoms with Crippen molar-refractivity contribution in [1.82, 2.24) is 10.1 Å². The lowest BCUT2D eigenvalue weighted by Crippen LogP contribution is -2.45. The predicted octanol–water partition coefficient (Wildman–Crippen LogP) is 6.55. The van der Waals surface area contributed by atoms with E-state index in [0.29, 0.717) is 30.2 Å². The SMILES string of the molecule is Cc1ccccc1-c1noc(C2CC2)c1COC1CC2CC[C@@H](C1)N2c1nc2ccc(C(=O)O)cc2s1. The fourth-order valence-corrected chi connectivity index (χ4v) is 7.26. The van der Waals surface area contributed by atoms with Crippen LogP contribution in [0, 0.1) is 6.92 Å². The molecule has 2 bridgehead atoms. The Kier molecular flexibility index (Phi) is 5.55. The minimum Gasteiger partial charge on any atom is -0.478 e. The van der Waals surface area contributed by atoms with E-state index < -0.39 is 5.97 Å². The lowest BCUT2D eigenvalue weighted by atomic mass is 9.99. The number of piperidine rings is 1. The van der Waals surface area contributed by atoms with Crippen molar-refractivity contribution in [2.75, 3.05) is 4.90 Å². The second kappa shape index (κ2) is 8.96. The molecule has 0 radical (unpaired) electrons. The molecule has 7 rings (SSSR count). The fourth-order valence-electron chi connectivity index (χ4n) is 6.11. The van der Waals surface area contributed by atoms with E-state index in [0.717, 1.165) is 76.5 Å². The minimum atomic E-state index is -0.905. The average Bonchev–Trinajstić information content (AvgIpc) is 3.41. The van der Waals surface area contributed by atoms with Crippen LogP contribution in [-0.2, 0) is 11.3 Å². The molecule has 3 atom stereocenters. The third kappa shape index (κ3) is 4.12. The molecule has 2 aromatic heterocycles. The zero-order chi connectivity index (χ0) is 25.1. The van der Waals surface area contributed by atoms with Gasteiger partial charge in [-0.15, -0.1) is 0 Å². The van der Waals surface area contributed by atoms with Crippen molar-refractivity contribution in [2.45, 2.75) is 76.2 Å². The lowest BCUT2D eigenvalue weighted by molar-refractivity contribution is 0.0147. The monoisotopic (exact) mass is 515 g/mol. The number of carboxylic acids is 1. The number of rotatable bonds is 7. The maximum absolute atomic E-state index is 11.4. The van der Waals surface area contributed by atoms with Crippen molar-refractivity contribution in [3.8, 4) is 11.3 Å². The Hall–Kier alpha value is -3.23. The number of aryl methyl sites for hydroxylation is 1. The van der Waals surface area contributed by atoms with Gasteiger partial charge in [-0.1, -0.05) is 40.8 Å². The van der Waals surface area contributed by atoms with Gasteiger partial charge in [-0.3, -0.25) is 0 Å². The first-order chi connectivity index (χ1) is 18.0. The highest BCUT2D eigenvalue weighted by molar-refractivity contribution is 7.22. The summed E-state index contributed by atoms with van der Waals surface area (Å²) >= 11 is 1.60. The van der Waals surface area contributed by atoms with E-state index in [1.54, 1.807) is 23.5 Å². The molecule has 1 N–H and O–H groups in total. The van der Waals surface area contributed by atoms with Crippen LogP contribution in [-0.4, -0.2) is 39.4 Å². The highest BCUT2D eigenvalue weighted by atomic mass is 32.1. The van der Waals surface area contributed by atoms with Gasteiger partial charge in [0.25, 0.3) is 0 Å². The van der Waals surface area contributed by atoms with E-state index in [9.17, 15) is 9.90 Å².